The first-order valence-electron chi connectivity index (χ1n) is 10.6. The number of benzene rings is 2. The maximum Gasteiger partial charge on any atom is 0.417 e. The van der Waals surface area contributed by atoms with Gasteiger partial charge in [-0.3, -0.25) is 0 Å². The predicted molar refractivity (Wildman–Crippen MR) is 120 cm³/mol. The van der Waals surface area contributed by atoms with Gasteiger partial charge in [0.25, 0.3) is 0 Å². The minimum atomic E-state index is -4.48. The van der Waals surface area contributed by atoms with Gasteiger partial charge in [-0.05, 0) is 43.3 Å². The molecule has 0 saturated carbocycles. The Kier molecular flexibility index (Phi) is 6.77. The van der Waals surface area contributed by atoms with E-state index in [9.17, 15) is 28.2 Å². The molecule has 0 aliphatic heterocycles. The maximum absolute atomic E-state index is 12.7. The van der Waals surface area contributed by atoms with Gasteiger partial charge in [-0.2, -0.15) is 13.2 Å². The topological polar surface area (TPSA) is 93.8 Å². The summed E-state index contributed by atoms with van der Waals surface area (Å²) in [5.74, 6) is -0.554. The van der Waals surface area contributed by atoms with Gasteiger partial charge in [-0.1, -0.05) is 18.2 Å². The summed E-state index contributed by atoms with van der Waals surface area (Å²) in [7, 11) is 0. The van der Waals surface area contributed by atoms with Crippen molar-refractivity contribution in [2.75, 3.05) is 6.61 Å². The fraction of sp³-hybridized carbons (Fsp3) is 0.200. The molecule has 182 valence electrons. The fourth-order valence-electron chi connectivity index (χ4n) is 3.59. The van der Waals surface area contributed by atoms with Crippen LogP contribution < -0.4 is 4.74 Å². The number of para-hydroxylation sites is 1. The summed E-state index contributed by atoms with van der Waals surface area (Å²) in [5, 5.41) is 21.5. The Morgan fingerprint density at radius 1 is 1.06 bits per heavy atom. The highest BCUT2D eigenvalue weighted by molar-refractivity contribution is 5.87. The van der Waals surface area contributed by atoms with Crippen LogP contribution in [-0.4, -0.2) is 38.4 Å². The monoisotopic (exact) mass is 486 g/mol. The van der Waals surface area contributed by atoms with Crippen LogP contribution in [0, 0.1) is 0 Å². The molecular weight excluding hydrogens is 465 g/mol. The van der Waals surface area contributed by atoms with Crippen molar-refractivity contribution in [2.24, 2.45) is 0 Å². The lowest BCUT2D eigenvalue weighted by atomic mass is 10.0. The molecule has 0 fully saturated rings. The Balaban J connectivity index is 1.60. The minimum Gasteiger partial charge on any atom is -0.464 e. The molecule has 0 spiro atoms. The van der Waals surface area contributed by atoms with Crippen LogP contribution in [0.3, 0.4) is 0 Å². The Labute approximate surface area is 198 Å². The number of halogens is 3. The van der Waals surface area contributed by atoms with Gasteiger partial charge in [0.05, 0.1) is 17.7 Å². The van der Waals surface area contributed by atoms with E-state index in [1.807, 2.05) is 12.1 Å². The number of esters is 1. The van der Waals surface area contributed by atoms with Crippen molar-refractivity contribution < 1.29 is 37.7 Å². The van der Waals surface area contributed by atoms with Crippen LogP contribution in [0.5, 0.6) is 11.6 Å². The minimum absolute atomic E-state index is 0.00975. The van der Waals surface area contributed by atoms with E-state index in [0.717, 1.165) is 17.6 Å². The number of aliphatic hydroxyl groups excluding tert-OH is 2. The first-order valence-corrected chi connectivity index (χ1v) is 10.6. The summed E-state index contributed by atoms with van der Waals surface area (Å²) in [6, 6.07) is 15.8. The van der Waals surface area contributed by atoms with E-state index in [2.05, 4.69) is 4.98 Å². The molecule has 2 aromatic carbocycles. The van der Waals surface area contributed by atoms with Crippen molar-refractivity contribution in [3.63, 3.8) is 0 Å². The van der Waals surface area contributed by atoms with Gasteiger partial charge in [0.2, 0.25) is 5.88 Å². The third kappa shape index (κ3) is 5.13. The van der Waals surface area contributed by atoms with Gasteiger partial charge in [0.1, 0.15) is 11.9 Å². The summed E-state index contributed by atoms with van der Waals surface area (Å²) in [6.07, 6.45) is -5.42. The predicted octanol–water partition coefficient (Wildman–Crippen LogP) is 4.79. The number of ether oxygens (including phenoxy) is 2. The van der Waals surface area contributed by atoms with Crippen molar-refractivity contribution in [3.05, 3.63) is 84.2 Å². The third-order valence-electron chi connectivity index (χ3n) is 5.29. The first kappa shape index (κ1) is 24.2. The van der Waals surface area contributed by atoms with Crippen LogP contribution in [0.15, 0.2) is 73.1 Å². The van der Waals surface area contributed by atoms with Gasteiger partial charge in [-0.15, -0.1) is 0 Å². The maximum atomic E-state index is 12.7. The van der Waals surface area contributed by atoms with Crippen LogP contribution in [-0.2, 0) is 15.7 Å². The molecule has 10 heteroatoms. The summed E-state index contributed by atoms with van der Waals surface area (Å²) in [4.78, 5) is 15.6. The fourth-order valence-corrected chi connectivity index (χ4v) is 3.59. The molecule has 4 aromatic rings. The molecule has 2 heterocycles. The van der Waals surface area contributed by atoms with Crippen LogP contribution in [0.25, 0.3) is 16.6 Å². The largest absolute Gasteiger partial charge is 0.464 e. The van der Waals surface area contributed by atoms with Crippen LogP contribution in [0.1, 0.15) is 24.2 Å². The molecular formula is C25H21F3N2O5. The molecule has 0 radical (unpaired) electrons. The highest BCUT2D eigenvalue weighted by atomic mass is 19.4. The molecule has 2 N–H and O–H groups in total. The van der Waals surface area contributed by atoms with Gasteiger partial charge >= 0.3 is 12.1 Å². The average Bonchev–Trinajstić information content (AvgIpc) is 3.23. The van der Waals surface area contributed by atoms with Crippen molar-refractivity contribution in [2.45, 2.75) is 25.3 Å². The molecule has 0 amide bonds. The number of hydrogen-bond acceptors (Lipinski definition) is 6. The highest BCUT2D eigenvalue weighted by Gasteiger charge is 2.31. The number of fused-ring (bicyclic) bond motifs is 1. The molecule has 0 aliphatic carbocycles. The van der Waals surface area contributed by atoms with Gasteiger partial charge in [0.15, 0.2) is 6.10 Å². The number of carbonyl (C=O) groups is 1. The molecule has 2 unspecified atom stereocenters. The Morgan fingerprint density at radius 3 is 2.40 bits per heavy atom. The van der Waals surface area contributed by atoms with E-state index < -0.39 is 29.9 Å². The lowest BCUT2D eigenvalue weighted by Crippen LogP contribution is -2.29. The van der Waals surface area contributed by atoms with Crippen LogP contribution in [0.4, 0.5) is 13.2 Å². The summed E-state index contributed by atoms with van der Waals surface area (Å²) >= 11 is 0. The zero-order valence-electron chi connectivity index (χ0n) is 18.4. The zero-order chi connectivity index (χ0) is 25.2. The summed E-state index contributed by atoms with van der Waals surface area (Å²) < 4.78 is 50.2. The van der Waals surface area contributed by atoms with Crippen molar-refractivity contribution in [1.82, 2.24) is 9.55 Å². The lowest BCUT2D eigenvalue weighted by Gasteiger charge is -2.15. The van der Waals surface area contributed by atoms with Crippen LogP contribution in [0.2, 0.25) is 0 Å². The molecule has 35 heavy (non-hydrogen) atoms. The second kappa shape index (κ2) is 9.77. The lowest BCUT2D eigenvalue weighted by molar-refractivity contribution is -0.159. The number of rotatable bonds is 7. The van der Waals surface area contributed by atoms with E-state index in [-0.39, 0.29) is 12.5 Å². The quantitative estimate of drug-likeness (QED) is 0.365. The molecule has 4 rings (SSSR count). The Hall–Kier alpha value is -3.89. The number of aromatic nitrogens is 2. The number of alkyl halides is 3. The molecule has 0 saturated heterocycles. The number of aliphatic hydroxyl groups is 2. The third-order valence-corrected chi connectivity index (χ3v) is 5.29. The van der Waals surface area contributed by atoms with Crippen molar-refractivity contribution in [3.8, 4) is 17.3 Å². The van der Waals surface area contributed by atoms with E-state index in [1.54, 1.807) is 54.1 Å². The number of nitrogens with zero attached hydrogens (tertiary/aromatic N) is 2. The summed E-state index contributed by atoms with van der Waals surface area (Å²) in [6.45, 7) is 1.67. The number of carbonyl (C=O) groups excluding carboxylic acids is 1. The first-order chi connectivity index (χ1) is 16.7. The molecule has 0 bridgehead atoms. The molecule has 7 nitrogen and oxygen atoms in total. The average molecular weight is 486 g/mol. The van der Waals surface area contributed by atoms with Gasteiger partial charge < -0.3 is 24.3 Å². The molecule has 2 aromatic heterocycles. The Morgan fingerprint density at radius 2 is 1.77 bits per heavy atom. The zero-order valence-corrected chi connectivity index (χ0v) is 18.4. The van der Waals surface area contributed by atoms with E-state index in [4.69, 9.17) is 9.47 Å². The molecule has 2 atom stereocenters. The standard InChI is InChI=1S/C25H21F3N2O5/c1-2-34-24(33)23(32)22(31)19-14-30(20-6-4-3-5-18(19)20)16-8-10-17(11-9-16)35-21-12-7-15(13-29-21)25(26,27)28/h3-14,22-23,31-32H,2H2,1H3. The Bertz CT molecular complexity index is 1320. The van der Waals surface area contributed by atoms with E-state index >= 15 is 0 Å². The van der Waals surface area contributed by atoms with Gasteiger partial charge in [0, 0.05) is 35.1 Å². The SMILES string of the molecule is CCOC(=O)C(O)C(O)c1cn(-c2ccc(Oc3ccc(C(F)(F)F)cn3)cc2)c2ccccc12. The smallest absolute Gasteiger partial charge is 0.417 e. The number of hydrogen-bond donors (Lipinski definition) is 2. The normalized spacial score (nSPS) is 13.4. The summed E-state index contributed by atoms with van der Waals surface area (Å²) in [5.41, 5.74) is 0.870. The van der Waals surface area contributed by atoms with E-state index in [0.29, 0.717) is 28.6 Å². The number of pyridine rings is 1. The molecule has 0 aliphatic rings. The van der Waals surface area contributed by atoms with Crippen LogP contribution >= 0.6 is 0 Å². The van der Waals surface area contributed by atoms with E-state index in [1.165, 1.54) is 0 Å². The highest BCUT2D eigenvalue weighted by Crippen LogP contribution is 2.33. The van der Waals surface area contributed by atoms with Crippen molar-refractivity contribution in [1.29, 1.82) is 0 Å². The van der Waals surface area contributed by atoms with Gasteiger partial charge in [-0.25, -0.2) is 9.78 Å². The van der Waals surface area contributed by atoms with Crippen molar-refractivity contribution >= 4 is 16.9 Å². The second-order valence-corrected chi connectivity index (χ2v) is 7.59. The second-order valence-electron chi connectivity index (χ2n) is 7.59.